The Bertz CT molecular complexity index is 1010. The van der Waals surface area contributed by atoms with Crippen LogP contribution in [0.3, 0.4) is 0 Å². The van der Waals surface area contributed by atoms with Crippen molar-refractivity contribution in [2.45, 2.75) is 117 Å². The Kier molecular flexibility index (Phi) is 8.49. The third-order valence-corrected chi connectivity index (χ3v) is 8.80. The SMILES string of the molecule is CC[C@H](C)[C@H](NC(=O)c1cc(C2CC2)c(OCC2(C)CC3CC(C)CC(C3)C2)cc1F)C(=O)OC(C)(C)C. The molecule has 6 heteroatoms. The van der Waals surface area contributed by atoms with Gasteiger partial charge in [0, 0.05) is 11.5 Å². The van der Waals surface area contributed by atoms with Gasteiger partial charge in [0.15, 0.2) is 0 Å². The van der Waals surface area contributed by atoms with Gasteiger partial charge in [-0.15, -0.1) is 0 Å². The molecule has 38 heavy (non-hydrogen) atoms. The predicted molar refractivity (Wildman–Crippen MR) is 148 cm³/mol. The number of fused-ring (bicyclic) bond motifs is 2. The zero-order chi connectivity index (χ0) is 27.8. The number of hydrogen-bond donors (Lipinski definition) is 1. The standard InChI is InChI=1S/C32H48FNO4/c1-8-20(3)28(30(36)38-31(4,5)6)34-29(35)25-14-24(23-9-10-23)27(15-26(25)33)37-18-32(7)16-21-11-19(2)12-22(13-21)17-32/h14-15,19-23,28H,8-13,16-18H2,1-7H3,(H,34,35)/t19?,20-,21?,22?,28-,32?/m0/s1. The van der Waals surface area contributed by atoms with E-state index >= 15 is 4.39 Å². The normalized spacial score (nSPS) is 28.8. The van der Waals surface area contributed by atoms with Crippen LogP contribution < -0.4 is 10.1 Å². The minimum Gasteiger partial charge on any atom is -0.493 e. The summed E-state index contributed by atoms with van der Waals surface area (Å²) in [6.45, 7) is 14.5. The molecule has 1 aromatic rings. The average Bonchev–Trinajstić information content (AvgIpc) is 3.64. The molecule has 1 aromatic carbocycles. The third-order valence-electron chi connectivity index (χ3n) is 8.80. The smallest absolute Gasteiger partial charge is 0.329 e. The van der Waals surface area contributed by atoms with Gasteiger partial charge in [-0.1, -0.05) is 34.1 Å². The number of carbonyl (C=O) groups excluding carboxylic acids is 2. The third kappa shape index (κ3) is 7.09. The van der Waals surface area contributed by atoms with Crippen molar-refractivity contribution in [1.82, 2.24) is 5.32 Å². The molecule has 0 saturated heterocycles. The molecular weight excluding hydrogens is 481 g/mol. The molecule has 212 valence electrons. The van der Waals surface area contributed by atoms with Crippen molar-refractivity contribution < 1.29 is 23.5 Å². The first-order valence-corrected chi connectivity index (χ1v) is 14.8. The predicted octanol–water partition coefficient (Wildman–Crippen LogP) is 7.42. The van der Waals surface area contributed by atoms with E-state index in [-0.39, 0.29) is 22.8 Å². The Hall–Kier alpha value is -2.11. The number of hydrogen-bond acceptors (Lipinski definition) is 4. The quantitative estimate of drug-likeness (QED) is 0.338. The molecule has 2 bridgehead atoms. The summed E-state index contributed by atoms with van der Waals surface area (Å²) in [5, 5.41) is 2.77. The van der Waals surface area contributed by atoms with Gasteiger partial charge in [0.05, 0.1) is 12.2 Å². The monoisotopic (exact) mass is 529 g/mol. The topological polar surface area (TPSA) is 64.6 Å². The van der Waals surface area contributed by atoms with Crippen LogP contribution in [0.2, 0.25) is 0 Å². The van der Waals surface area contributed by atoms with E-state index in [1.807, 2.05) is 13.8 Å². The Labute approximate surface area is 228 Å². The van der Waals surface area contributed by atoms with E-state index in [2.05, 4.69) is 19.2 Å². The highest BCUT2D eigenvalue weighted by atomic mass is 19.1. The first-order valence-electron chi connectivity index (χ1n) is 14.8. The molecule has 1 N–H and O–H groups in total. The van der Waals surface area contributed by atoms with E-state index in [1.165, 1.54) is 25.3 Å². The van der Waals surface area contributed by atoms with E-state index in [9.17, 15) is 9.59 Å². The van der Waals surface area contributed by atoms with Crippen LogP contribution in [0, 0.1) is 34.9 Å². The number of benzene rings is 1. The van der Waals surface area contributed by atoms with Crippen molar-refractivity contribution in [3.05, 3.63) is 29.1 Å². The molecule has 3 saturated carbocycles. The fourth-order valence-electron chi connectivity index (χ4n) is 6.92. The Balaban J connectivity index is 1.50. The van der Waals surface area contributed by atoms with Gasteiger partial charge in [0.25, 0.3) is 5.91 Å². The van der Waals surface area contributed by atoms with Crippen LogP contribution in [-0.2, 0) is 9.53 Å². The number of nitrogens with one attached hydrogen (secondary N) is 1. The van der Waals surface area contributed by atoms with Crippen molar-refractivity contribution in [2.75, 3.05) is 6.61 Å². The molecule has 0 aliphatic heterocycles. The lowest BCUT2D eigenvalue weighted by molar-refractivity contribution is -0.158. The maximum atomic E-state index is 15.4. The van der Waals surface area contributed by atoms with E-state index < -0.39 is 29.3 Å². The van der Waals surface area contributed by atoms with Crippen LogP contribution in [0.5, 0.6) is 5.75 Å². The van der Waals surface area contributed by atoms with Crippen LogP contribution in [0.4, 0.5) is 4.39 Å². The fraction of sp³-hybridized carbons (Fsp3) is 0.750. The molecule has 4 atom stereocenters. The van der Waals surface area contributed by atoms with Gasteiger partial charge in [0.2, 0.25) is 0 Å². The molecule has 0 radical (unpaired) electrons. The number of rotatable bonds is 9. The number of amides is 1. The van der Waals surface area contributed by atoms with Crippen LogP contribution in [-0.4, -0.2) is 30.1 Å². The van der Waals surface area contributed by atoms with E-state index in [4.69, 9.17) is 9.47 Å². The fourth-order valence-corrected chi connectivity index (χ4v) is 6.92. The van der Waals surface area contributed by atoms with E-state index in [1.54, 1.807) is 26.8 Å². The van der Waals surface area contributed by atoms with Gasteiger partial charge in [-0.05, 0) is 107 Å². The Morgan fingerprint density at radius 2 is 1.76 bits per heavy atom. The lowest BCUT2D eigenvalue weighted by Gasteiger charge is -2.47. The molecule has 1 amide bonds. The van der Waals surface area contributed by atoms with Gasteiger partial charge in [-0.3, -0.25) is 4.79 Å². The van der Waals surface area contributed by atoms with Crippen LogP contribution in [0.25, 0.3) is 0 Å². The molecule has 5 nitrogen and oxygen atoms in total. The zero-order valence-corrected chi connectivity index (χ0v) is 24.5. The van der Waals surface area contributed by atoms with Crippen molar-refractivity contribution in [3.8, 4) is 5.75 Å². The highest BCUT2D eigenvalue weighted by Crippen LogP contribution is 2.51. The summed E-state index contributed by atoms with van der Waals surface area (Å²) in [5.74, 6) is 1.34. The second kappa shape index (κ2) is 11.2. The molecule has 3 fully saturated rings. The van der Waals surface area contributed by atoms with Crippen molar-refractivity contribution in [2.24, 2.45) is 29.1 Å². The lowest BCUT2D eigenvalue weighted by atomic mass is 9.60. The average molecular weight is 530 g/mol. The summed E-state index contributed by atoms with van der Waals surface area (Å²) in [5.41, 5.74) is 0.284. The number of halogens is 1. The number of esters is 1. The zero-order valence-electron chi connectivity index (χ0n) is 24.5. The van der Waals surface area contributed by atoms with Crippen LogP contribution >= 0.6 is 0 Å². The maximum Gasteiger partial charge on any atom is 0.329 e. The molecule has 4 rings (SSSR count). The van der Waals surface area contributed by atoms with E-state index in [0.717, 1.165) is 49.0 Å². The molecule has 3 aliphatic carbocycles. The highest BCUT2D eigenvalue weighted by molar-refractivity contribution is 5.97. The molecule has 2 unspecified atom stereocenters. The first kappa shape index (κ1) is 28.9. The number of carbonyl (C=O) groups is 2. The summed E-state index contributed by atoms with van der Waals surface area (Å²) < 4.78 is 27.3. The van der Waals surface area contributed by atoms with Gasteiger partial charge in [-0.2, -0.15) is 0 Å². The lowest BCUT2D eigenvalue weighted by Crippen LogP contribution is -2.48. The largest absolute Gasteiger partial charge is 0.493 e. The van der Waals surface area contributed by atoms with Crippen LogP contribution in [0.1, 0.15) is 122 Å². The summed E-state index contributed by atoms with van der Waals surface area (Å²) in [6.07, 6.45) is 8.97. The highest BCUT2D eigenvalue weighted by Gasteiger charge is 2.42. The van der Waals surface area contributed by atoms with Crippen LogP contribution in [0.15, 0.2) is 12.1 Å². The molecule has 0 aromatic heterocycles. The van der Waals surface area contributed by atoms with E-state index in [0.29, 0.717) is 18.8 Å². The molecular formula is C32H48FNO4. The van der Waals surface area contributed by atoms with Gasteiger partial charge in [0.1, 0.15) is 23.2 Å². The number of ether oxygens (including phenoxy) is 2. The second-order valence-corrected chi connectivity index (χ2v) is 14.1. The summed E-state index contributed by atoms with van der Waals surface area (Å²) in [4.78, 5) is 26.1. The minimum absolute atomic E-state index is 0.0384. The first-order chi connectivity index (χ1) is 17.8. The Morgan fingerprint density at radius 1 is 1.13 bits per heavy atom. The van der Waals surface area contributed by atoms with Gasteiger partial charge < -0.3 is 14.8 Å². The molecule has 3 aliphatic rings. The molecule has 0 spiro atoms. The van der Waals surface area contributed by atoms with Crippen molar-refractivity contribution >= 4 is 11.9 Å². The maximum absolute atomic E-state index is 15.4. The van der Waals surface area contributed by atoms with Gasteiger partial charge >= 0.3 is 5.97 Å². The van der Waals surface area contributed by atoms with Crippen molar-refractivity contribution in [1.29, 1.82) is 0 Å². The summed E-state index contributed by atoms with van der Waals surface area (Å²) in [6, 6.07) is 2.20. The second-order valence-electron chi connectivity index (χ2n) is 14.1. The van der Waals surface area contributed by atoms with Crippen molar-refractivity contribution in [3.63, 3.8) is 0 Å². The minimum atomic E-state index is -0.847. The summed E-state index contributed by atoms with van der Waals surface area (Å²) >= 11 is 0. The molecule has 0 heterocycles. The summed E-state index contributed by atoms with van der Waals surface area (Å²) in [7, 11) is 0. The van der Waals surface area contributed by atoms with Gasteiger partial charge in [-0.25, -0.2) is 9.18 Å². The Morgan fingerprint density at radius 3 is 2.32 bits per heavy atom.